The summed E-state index contributed by atoms with van der Waals surface area (Å²) in [5.41, 5.74) is 2.73. The van der Waals surface area contributed by atoms with Gasteiger partial charge >= 0.3 is 0 Å². The molecule has 1 saturated heterocycles. The van der Waals surface area contributed by atoms with Crippen LogP contribution in [0, 0.1) is 0 Å². The first-order valence-corrected chi connectivity index (χ1v) is 5.68. The summed E-state index contributed by atoms with van der Waals surface area (Å²) in [4.78, 5) is 0. The van der Waals surface area contributed by atoms with Gasteiger partial charge in [0, 0.05) is 13.2 Å². The first-order chi connectivity index (χ1) is 7.33. The molecular formula is C13H19NO. The first-order valence-electron chi connectivity index (χ1n) is 5.68. The number of rotatable bonds is 3. The van der Waals surface area contributed by atoms with E-state index < -0.39 is 0 Å². The Morgan fingerprint density at radius 3 is 2.87 bits per heavy atom. The zero-order valence-electron chi connectivity index (χ0n) is 9.49. The number of hydrogen-bond donors (Lipinski definition) is 1. The third-order valence-corrected chi connectivity index (χ3v) is 3.22. The molecule has 2 atom stereocenters. The summed E-state index contributed by atoms with van der Waals surface area (Å²) in [6.07, 6.45) is 2.71. The van der Waals surface area contributed by atoms with E-state index >= 15 is 0 Å². The monoisotopic (exact) mass is 205 g/mol. The Kier molecular flexibility index (Phi) is 3.39. The number of ether oxygens (including phenoxy) is 1. The summed E-state index contributed by atoms with van der Waals surface area (Å²) >= 11 is 0. The van der Waals surface area contributed by atoms with Gasteiger partial charge in [-0.25, -0.2) is 0 Å². The lowest BCUT2D eigenvalue weighted by Gasteiger charge is -2.19. The Bertz CT molecular complexity index is 318. The van der Waals surface area contributed by atoms with E-state index in [0.29, 0.717) is 6.04 Å². The van der Waals surface area contributed by atoms with E-state index in [-0.39, 0.29) is 6.10 Å². The fourth-order valence-corrected chi connectivity index (χ4v) is 2.28. The van der Waals surface area contributed by atoms with Crippen LogP contribution in [0.4, 0.5) is 0 Å². The highest BCUT2D eigenvalue weighted by molar-refractivity contribution is 5.32. The van der Waals surface area contributed by atoms with Gasteiger partial charge in [-0.05, 0) is 37.4 Å². The van der Waals surface area contributed by atoms with Crippen LogP contribution in [0.5, 0.6) is 0 Å². The minimum absolute atomic E-state index is 0.184. The van der Waals surface area contributed by atoms with Crippen LogP contribution in [0.2, 0.25) is 0 Å². The highest BCUT2D eigenvalue weighted by Gasteiger charge is 2.20. The Labute approximate surface area is 91.6 Å². The molecule has 15 heavy (non-hydrogen) atoms. The number of methoxy groups -OCH3 is 1. The maximum atomic E-state index is 5.41. The summed E-state index contributed by atoms with van der Waals surface area (Å²) < 4.78 is 5.41. The van der Waals surface area contributed by atoms with Crippen LogP contribution in [0.1, 0.15) is 43.0 Å². The Hall–Kier alpha value is -0.860. The number of nitrogens with one attached hydrogen (secondary N) is 1. The molecule has 1 aliphatic rings. The van der Waals surface area contributed by atoms with E-state index in [0.717, 1.165) is 6.54 Å². The quantitative estimate of drug-likeness (QED) is 0.819. The van der Waals surface area contributed by atoms with Gasteiger partial charge in [-0.2, -0.15) is 0 Å². The van der Waals surface area contributed by atoms with Gasteiger partial charge in [-0.1, -0.05) is 24.3 Å². The van der Waals surface area contributed by atoms with E-state index in [4.69, 9.17) is 4.74 Å². The molecule has 1 heterocycles. The fourth-order valence-electron chi connectivity index (χ4n) is 2.28. The van der Waals surface area contributed by atoms with Crippen molar-refractivity contribution in [2.24, 2.45) is 0 Å². The molecule has 2 heteroatoms. The van der Waals surface area contributed by atoms with Gasteiger partial charge in [0.05, 0.1) is 6.10 Å². The Balaban J connectivity index is 2.28. The zero-order chi connectivity index (χ0) is 10.7. The van der Waals surface area contributed by atoms with E-state index in [1.807, 2.05) is 0 Å². The molecule has 0 aromatic heterocycles. The highest BCUT2D eigenvalue weighted by atomic mass is 16.5. The van der Waals surface area contributed by atoms with Crippen LogP contribution in [-0.4, -0.2) is 13.7 Å². The van der Waals surface area contributed by atoms with E-state index in [1.165, 1.54) is 24.0 Å². The van der Waals surface area contributed by atoms with Crippen LogP contribution in [0.25, 0.3) is 0 Å². The van der Waals surface area contributed by atoms with Crippen molar-refractivity contribution in [2.45, 2.75) is 31.9 Å². The molecule has 0 bridgehead atoms. The molecule has 0 aliphatic carbocycles. The van der Waals surface area contributed by atoms with E-state index in [9.17, 15) is 0 Å². The number of benzene rings is 1. The van der Waals surface area contributed by atoms with Crippen LogP contribution in [-0.2, 0) is 4.74 Å². The summed E-state index contributed by atoms with van der Waals surface area (Å²) in [6.45, 7) is 3.24. The molecule has 82 valence electrons. The molecule has 0 amide bonds. The smallest absolute Gasteiger partial charge is 0.0796 e. The van der Waals surface area contributed by atoms with Crippen molar-refractivity contribution < 1.29 is 4.74 Å². The van der Waals surface area contributed by atoms with Crippen molar-refractivity contribution in [3.8, 4) is 0 Å². The predicted molar refractivity (Wildman–Crippen MR) is 61.8 cm³/mol. The lowest BCUT2D eigenvalue weighted by atomic mass is 9.96. The summed E-state index contributed by atoms with van der Waals surface area (Å²) in [5, 5.41) is 3.54. The second-order valence-electron chi connectivity index (χ2n) is 4.16. The predicted octanol–water partition coefficient (Wildman–Crippen LogP) is 2.82. The fraction of sp³-hybridized carbons (Fsp3) is 0.538. The van der Waals surface area contributed by atoms with Crippen LogP contribution in [0.3, 0.4) is 0 Å². The van der Waals surface area contributed by atoms with Crippen LogP contribution < -0.4 is 5.32 Å². The Morgan fingerprint density at radius 2 is 2.20 bits per heavy atom. The minimum Gasteiger partial charge on any atom is -0.377 e. The average molecular weight is 205 g/mol. The van der Waals surface area contributed by atoms with Gasteiger partial charge in [0.25, 0.3) is 0 Å². The molecule has 1 fully saturated rings. The van der Waals surface area contributed by atoms with E-state index in [1.54, 1.807) is 7.11 Å². The minimum atomic E-state index is 0.184. The Morgan fingerprint density at radius 1 is 1.40 bits per heavy atom. The topological polar surface area (TPSA) is 21.3 Å². The molecule has 1 aromatic carbocycles. The van der Waals surface area contributed by atoms with Gasteiger partial charge in [-0.3, -0.25) is 0 Å². The molecule has 1 aliphatic heterocycles. The molecule has 1 aromatic rings. The van der Waals surface area contributed by atoms with Gasteiger partial charge in [0.15, 0.2) is 0 Å². The average Bonchev–Trinajstić information content (AvgIpc) is 2.81. The second-order valence-corrected chi connectivity index (χ2v) is 4.16. The molecule has 0 saturated carbocycles. The molecular weight excluding hydrogens is 186 g/mol. The van der Waals surface area contributed by atoms with Crippen molar-refractivity contribution in [2.75, 3.05) is 13.7 Å². The molecule has 1 N–H and O–H groups in total. The summed E-state index contributed by atoms with van der Waals surface area (Å²) in [7, 11) is 1.77. The third-order valence-electron chi connectivity index (χ3n) is 3.22. The van der Waals surface area contributed by atoms with Crippen LogP contribution >= 0.6 is 0 Å². The molecule has 0 spiro atoms. The number of hydrogen-bond acceptors (Lipinski definition) is 2. The highest BCUT2D eigenvalue weighted by Crippen LogP contribution is 2.30. The maximum Gasteiger partial charge on any atom is 0.0796 e. The van der Waals surface area contributed by atoms with Gasteiger partial charge < -0.3 is 10.1 Å². The van der Waals surface area contributed by atoms with Crippen molar-refractivity contribution in [1.82, 2.24) is 5.32 Å². The molecule has 2 rings (SSSR count). The lowest BCUT2D eigenvalue weighted by molar-refractivity contribution is 0.118. The van der Waals surface area contributed by atoms with E-state index in [2.05, 4.69) is 36.5 Å². The molecule has 2 nitrogen and oxygen atoms in total. The zero-order valence-corrected chi connectivity index (χ0v) is 9.49. The third kappa shape index (κ3) is 2.21. The molecule has 2 unspecified atom stereocenters. The standard InChI is InChI=1S/C13H19NO/c1-10(15-2)11-6-3-4-7-12(11)13-8-5-9-14-13/h3-4,6-7,10,13-14H,5,8-9H2,1-2H3. The van der Waals surface area contributed by atoms with Crippen LogP contribution in [0.15, 0.2) is 24.3 Å². The van der Waals surface area contributed by atoms with Crippen molar-refractivity contribution in [1.29, 1.82) is 0 Å². The van der Waals surface area contributed by atoms with Crippen molar-refractivity contribution in [3.05, 3.63) is 35.4 Å². The van der Waals surface area contributed by atoms with Gasteiger partial charge in [-0.15, -0.1) is 0 Å². The van der Waals surface area contributed by atoms with Gasteiger partial charge in [0.2, 0.25) is 0 Å². The summed E-state index contributed by atoms with van der Waals surface area (Å²) in [5.74, 6) is 0. The van der Waals surface area contributed by atoms with Crippen molar-refractivity contribution in [3.63, 3.8) is 0 Å². The summed E-state index contributed by atoms with van der Waals surface area (Å²) in [6, 6.07) is 9.11. The second kappa shape index (κ2) is 4.77. The van der Waals surface area contributed by atoms with Crippen molar-refractivity contribution >= 4 is 0 Å². The SMILES string of the molecule is COC(C)c1ccccc1C1CCCN1. The lowest BCUT2D eigenvalue weighted by Crippen LogP contribution is -2.15. The first kappa shape index (κ1) is 10.7. The largest absolute Gasteiger partial charge is 0.377 e. The normalized spacial score (nSPS) is 22.9. The molecule has 0 radical (unpaired) electrons. The van der Waals surface area contributed by atoms with Gasteiger partial charge in [0.1, 0.15) is 0 Å². The maximum absolute atomic E-state index is 5.41.